The normalized spacial score (nSPS) is 22.2. The van der Waals surface area contributed by atoms with Crippen molar-refractivity contribution in [1.82, 2.24) is 5.32 Å². The van der Waals surface area contributed by atoms with E-state index in [4.69, 9.17) is 0 Å². The Morgan fingerprint density at radius 3 is 3.00 bits per heavy atom. The van der Waals surface area contributed by atoms with Crippen LogP contribution in [0, 0.1) is 0 Å². The molecule has 88 valence electrons. The van der Waals surface area contributed by atoms with Crippen molar-refractivity contribution in [2.75, 3.05) is 6.54 Å². The molecule has 1 saturated heterocycles. The molecular weight excluding hydrogens is 205 g/mol. The first-order valence-electron chi connectivity index (χ1n) is 5.86. The van der Waals surface area contributed by atoms with Gasteiger partial charge in [-0.05, 0) is 56.0 Å². The van der Waals surface area contributed by atoms with Crippen LogP contribution in [-0.4, -0.2) is 17.7 Å². The summed E-state index contributed by atoms with van der Waals surface area (Å²) >= 11 is 0. The molecule has 1 aliphatic heterocycles. The Labute approximate surface area is 95.5 Å². The third-order valence-corrected chi connectivity index (χ3v) is 3.19. The van der Waals surface area contributed by atoms with Gasteiger partial charge in [0.25, 0.3) is 0 Å². The van der Waals surface area contributed by atoms with Crippen molar-refractivity contribution >= 4 is 0 Å². The number of aromatic hydroxyl groups is 1. The van der Waals surface area contributed by atoms with Crippen LogP contribution in [0.5, 0.6) is 5.75 Å². The highest BCUT2D eigenvalue weighted by Gasteiger charge is 2.17. The average molecular weight is 223 g/mol. The summed E-state index contributed by atoms with van der Waals surface area (Å²) < 4.78 is 13.2. The summed E-state index contributed by atoms with van der Waals surface area (Å²) in [5.41, 5.74) is 1.49. The van der Waals surface area contributed by atoms with Gasteiger partial charge in [0.2, 0.25) is 0 Å². The third-order valence-electron chi connectivity index (χ3n) is 3.19. The second kappa shape index (κ2) is 4.83. The summed E-state index contributed by atoms with van der Waals surface area (Å²) in [6.07, 6.45) is 2.13. The average Bonchev–Trinajstić information content (AvgIpc) is 2.73. The zero-order chi connectivity index (χ0) is 11.5. The molecule has 16 heavy (non-hydrogen) atoms. The minimum Gasteiger partial charge on any atom is -0.508 e. The van der Waals surface area contributed by atoms with E-state index < -0.39 is 6.17 Å². The van der Waals surface area contributed by atoms with Gasteiger partial charge in [0.15, 0.2) is 0 Å². The molecule has 1 aromatic carbocycles. The zero-order valence-electron chi connectivity index (χ0n) is 9.54. The van der Waals surface area contributed by atoms with Crippen LogP contribution in [0.1, 0.15) is 37.1 Å². The van der Waals surface area contributed by atoms with Crippen LogP contribution < -0.4 is 5.32 Å². The highest BCUT2D eigenvalue weighted by Crippen LogP contribution is 2.26. The van der Waals surface area contributed by atoms with Crippen molar-refractivity contribution < 1.29 is 9.50 Å². The number of phenols is 1. The van der Waals surface area contributed by atoms with Crippen LogP contribution in [-0.2, 0) is 6.42 Å². The van der Waals surface area contributed by atoms with Crippen molar-refractivity contribution in [1.29, 1.82) is 0 Å². The minimum absolute atomic E-state index is 0.276. The Bertz CT molecular complexity index is 359. The predicted octanol–water partition coefficient (Wildman–Crippen LogP) is 2.72. The molecule has 0 saturated carbocycles. The summed E-state index contributed by atoms with van der Waals surface area (Å²) in [5.74, 6) is 0.276. The van der Waals surface area contributed by atoms with Crippen molar-refractivity contribution in [3.63, 3.8) is 0 Å². The molecule has 0 spiro atoms. The maximum Gasteiger partial charge on any atom is 0.122 e. The van der Waals surface area contributed by atoms with Crippen LogP contribution in [0.15, 0.2) is 18.2 Å². The molecule has 2 N–H and O–H groups in total. The fraction of sp³-hybridized carbons (Fsp3) is 0.538. The molecule has 0 amide bonds. The van der Waals surface area contributed by atoms with E-state index in [2.05, 4.69) is 5.32 Å². The topological polar surface area (TPSA) is 32.3 Å². The molecule has 0 aromatic heterocycles. The van der Waals surface area contributed by atoms with Crippen LogP contribution >= 0.6 is 0 Å². The highest BCUT2D eigenvalue weighted by molar-refractivity contribution is 5.37. The molecule has 1 heterocycles. The van der Waals surface area contributed by atoms with Gasteiger partial charge in [-0.15, -0.1) is 0 Å². The number of phenolic OH excluding ortho intramolecular Hbond substituents is 1. The first-order valence-corrected chi connectivity index (χ1v) is 5.86. The Morgan fingerprint density at radius 2 is 2.38 bits per heavy atom. The van der Waals surface area contributed by atoms with Crippen LogP contribution in [0.3, 0.4) is 0 Å². The molecule has 1 aliphatic rings. The van der Waals surface area contributed by atoms with Gasteiger partial charge >= 0.3 is 0 Å². The predicted molar refractivity (Wildman–Crippen MR) is 62.4 cm³/mol. The maximum atomic E-state index is 13.2. The van der Waals surface area contributed by atoms with E-state index in [0.717, 1.165) is 24.9 Å². The van der Waals surface area contributed by atoms with E-state index in [1.54, 1.807) is 18.2 Å². The monoisotopic (exact) mass is 223 g/mol. The lowest BCUT2D eigenvalue weighted by Gasteiger charge is -2.13. The number of benzene rings is 1. The van der Waals surface area contributed by atoms with Crippen molar-refractivity contribution in [2.24, 2.45) is 0 Å². The van der Waals surface area contributed by atoms with E-state index in [9.17, 15) is 9.50 Å². The molecule has 0 radical (unpaired) electrons. The molecule has 1 fully saturated rings. The van der Waals surface area contributed by atoms with E-state index in [0.29, 0.717) is 11.6 Å². The Kier molecular flexibility index (Phi) is 3.44. The summed E-state index contributed by atoms with van der Waals surface area (Å²) in [4.78, 5) is 0. The maximum absolute atomic E-state index is 13.2. The van der Waals surface area contributed by atoms with Crippen LogP contribution in [0.4, 0.5) is 4.39 Å². The smallest absolute Gasteiger partial charge is 0.122 e. The van der Waals surface area contributed by atoms with Gasteiger partial charge in [-0.25, -0.2) is 4.39 Å². The van der Waals surface area contributed by atoms with E-state index in [1.165, 1.54) is 13.3 Å². The number of nitrogens with one attached hydrogen (secondary N) is 1. The fourth-order valence-electron chi connectivity index (χ4n) is 2.21. The van der Waals surface area contributed by atoms with E-state index in [-0.39, 0.29) is 5.75 Å². The Morgan fingerprint density at radius 1 is 1.56 bits per heavy atom. The molecule has 2 unspecified atom stereocenters. The van der Waals surface area contributed by atoms with Gasteiger partial charge < -0.3 is 10.4 Å². The minimum atomic E-state index is -0.976. The summed E-state index contributed by atoms with van der Waals surface area (Å²) in [6.45, 7) is 2.56. The van der Waals surface area contributed by atoms with E-state index >= 15 is 0 Å². The van der Waals surface area contributed by atoms with Crippen molar-refractivity contribution in [3.8, 4) is 5.75 Å². The van der Waals surface area contributed by atoms with Crippen molar-refractivity contribution in [2.45, 2.75) is 38.4 Å². The second-order valence-corrected chi connectivity index (χ2v) is 4.50. The lowest BCUT2D eigenvalue weighted by Crippen LogP contribution is -2.23. The van der Waals surface area contributed by atoms with E-state index in [1.807, 2.05) is 0 Å². The van der Waals surface area contributed by atoms with Gasteiger partial charge in [0.05, 0.1) is 0 Å². The second-order valence-electron chi connectivity index (χ2n) is 4.50. The molecule has 2 nitrogen and oxygen atoms in total. The van der Waals surface area contributed by atoms with Gasteiger partial charge in [-0.1, -0.05) is 6.07 Å². The highest BCUT2D eigenvalue weighted by atomic mass is 19.1. The van der Waals surface area contributed by atoms with Crippen LogP contribution in [0.2, 0.25) is 0 Å². The molecule has 0 bridgehead atoms. The van der Waals surface area contributed by atoms with Gasteiger partial charge in [0.1, 0.15) is 11.9 Å². The molecule has 2 atom stereocenters. The van der Waals surface area contributed by atoms with Gasteiger partial charge in [0, 0.05) is 6.04 Å². The Balaban J connectivity index is 2.14. The molecule has 0 aliphatic carbocycles. The summed E-state index contributed by atoms with van der Waals surface area (Å²) in [5, 5.41) is 13.1. The first-order chi connectivity index (χ1) is 7.66. The third kappa shape index (κ3) is 2.53. The van der Waals surface area contributed by atoms with Crippen molar-refractivity contribution in [3.05, 3.63) is 29.3 Å². The molecule has 1 aromatic rings. The number of rotatable bonds is 3. The largest absolute Gasteiger partial charge is 0.508 e. The SMILES string of the molecule is CC(F)c1ccc(O)c(CC2CCCN2)c1. The summed E-state index contributed by atoms with van der Waals surface area (Å²) in [7, 11) is 0. The Hall–Kier alpha value is -1.09. The molecular formula is C13H18FNO. The number of halogens is 1. The van der Waals surface area contributed by atoms with Gasteiger partial charge in [-0.2, -0.15) is 0 Å². The quantitative estimate of drug-likeness (QED) is 0.825. The first kappa shape index (κ1) is 11.4. The molecule has 3 heteroatoms. The summed E-state index contributed by atoms with van der Waals surface area (Å²) in [6, 6.07) is 5.44. The number of hydrogen-bond donors (Lipinski definition) is 2. The standard InChI is InChI=1S/C13H18FNO/c1-9(14)10-4-5-13(16)11(7-10)8-12-3-2-6-15-12/h4-5,7,9,12,15-16H,2-3,6,8H2,1H3. The lowest BCUT2D eigenvalue weighted by molar-refractivity contribution is 0.373. The van der Waals surface area contributed by atoms with Crippen LogP contribution in [0.25, 0.3) is 0 Å². The number of hydrogen-bond acceptors (Lipinski definition) is 2. The number of alkyl halides is 1. The molecule has 2 rings (SSSR count). The van der Waals surface area contributed by atoms with Gasteiger partial charge in [-0.3, -0.25) is 0 Å². The fourth-order valence-corrected chi connectivity index (χ4v) is 2.21. The zero-order valence-corrected chi connectivity index (χ0v) is 9.54. The lowest BCUT2D eigenvalue weighted by atomic mass is 10.00.